The Balaban J connectivity index is 1.30. The Morgan fingerprint density at radius 3 is 1.79 bits per heavy atom. The van der Waals surface area contributed by atoms with Gasteiger partial charge in [-0.25, -0.2) is 0 Å². The van der Waals surface area contributed by atoms with E-state index in [1.54, 1.807) is 0 Å². The highest BCUT2D eigenvalue weighted by Crippen LogP contribution is 2.61. The van der Waals surface area contributed by atoms with E-state index in [1.807, 2.05) is 0 Å². The average Bonchev–Trinajstić information content (AvgIpc) is 3.28. The first-order valence-electron chi connectivity index (χ1n) is 7.45. The van der Waals surface area contributed by atoms with E-state index in [0.717, 1.165) is 13.2 Å². The van der Waals surface area contributed by atoms with E-state index in [9.17, 15) is 0 Å². The van der Waals surface area contributed by atoms with Crippen molar-refractivity contribution in [3.05, 3.63) is 0 Å². The standard InChI is InChI=1S/C14H20O5/c1-6-9-11(17-4-7-2-15-7)12(18-5-8-3-16-8)10(6)14-13(9)19-14/h6-14H,2-5H2,1H3. The van der Waals surface area contributed by atoms with Crippen LogP contribution < -0.4 is 0 Å². The Hall–Kier alpha value is -0.200. The van der Waals surface area contributed by atoms with Crippen molar-refractivity contribution in [3.63, 3.8) is 0 Å². The van der Waals surface area contributed by atoms with E-state index < -0.39 is 0 Å². The summed E-state index contributed by atoms with van der Waals surface area (Å²) in [5, 5.41) is 0. The lowest BCUT2D eigenvalue weighted by Crippen LogP contribution is -2.41. The van der Waals surface area contributed by atoms with Crippen molar-refractivity contribution in [3.8, 4) is 0 Å². The van der Waals surface area contributed by atoms with E-state index in [0.29, 0.717) is 55.4 Å². The molecule has 3 saturated heterocycles. The fourth-order valence-corrected chi connectivity index (χ4v) is 4.20. The molecule has 0 aromatic carbocycles. The molecule has 0 N–H and O–H groups in total. The number of rotatable bonds is 6. The predicted molar refractivity (Wildman–Crippen MR) is 63.8 cm³/mol. The first-order valence-corrected chi connectivity index (χ1v) is 7.45. The summed E-state index contributed by atoms with van der Waals surface area (Å²) in [7, 11) is 0. The van der Waals surface area contributed by atoms with E-state index in [-0.39, 0.29) is 12.2 Å². The molecular formula is C14H20O5. The van der Waals surface area contributed by atoms with E-state index >= 15 is 0 Å². The van der Waals surface area contributed by atoms with Gasteiger partial charge < -0.3 is 23.7 Å². The molecule has 5 aliphatic rings. The molecule has 5 fully saturated rings. The second-order valence-corrected chi connectivity index (χ2v) is 6.59. The third-order valence-electron chi connectivity index (χ3n) is 5.37. The van der Waals surface area contributed by atoms with Gasteiger partial charge >= 0.3 is 0 Å². The molecule has 0 amide bonds. The maximum absolute atomic E-state index is 6.12. The molecule has 5 rings (SSSR count). The highest BCUT2D eigenvalue weighted by atomic mass is 16.6. The van der Waals surface area contributed by atoms with Crippen LogP contribution >= 0.6 is 0 Å². The van der Waals surface area contributed by atoms with Crippen molar-refractivity contribution in [1.29, 1.82) is 0 Å². The van der Waals surface area contributed by atoms with Crippen LogP contribution in [0.5, 0.6) is 0 Å². The summed E-state index contributed by atoms with van der Waals surface area (Å²) in [6.07, 6.45) is 1.87. The van der Waals surface area contributed by atoms with Gasteiger partial charge in [0.15, 0.2) is 0 Å². The quantitative estimate of drug-likeness (QED) is 0.645. The van der Waals surface area contributed by atoms with Crippen LogP contribution in [0.4, 0.5) is 0 Å². The predicted octanol–water partition coefficient (Wildman–Crippen LogP) is 0.217. The normalized spacial score (nSPS) is 60.2. The van der Waals surface area contributed by atoms with Crippen LogP contribution in [0.3, 0.4) is 0 Å². The number of hydrogen-bond acceptors (Lipinski definition) is 5. The van der Waals surface area contributed by atoms with Crippen LogP contribution in [0, 0.1) is 17.8 Å². The summed E-state index contributed by atoms with van der Waals surface area (Å²) < 4.78 is 28.5. The summed E-state index contributed by atoms with van der Waals surface area (Å²) in [5.41, 5.74) is 0. The molecule has 5 nitrogen and oxygen atoms in total. The molecule has 8 atom stereocenters. The average molecular weight is 268 g/mol. The van der Waals surface area contributed by atoms with Gasteiger partial charge in [-0.2, -0.15) is 0 Å². The van der Waals surface area contributed by atoms with Gasteiger partial charge in [0.1, 0.15) is 12.2 Å². The lowest BCUT2D eigenvalue weighted by Gasteiger charge is -2.28. The van der Waals surface area contributed by atoms with Gasteiger partial charge in [-0.05, 0) is 5.92 Å². The van der Waals surface area contributed by atoms with Crippen LogP contribution in [-0.4, -0.2) is 63.1 Å². The molecule has 0 aromatic heterocycles. The number of ether oxygens (including phenoxy) is 5. The minimum absolute atomic E-state index is 0.187. The Labute approximate surface area is 112 Å². The van der Waals surface area contributed by atoms with Gasteiger partial charge in [-0.3, -0.25) is 0 Å². The summed E-state index contributed by atoms with van der Waals surface area (Å²) >= 11 is 0. The second kappa shape index (κ2) is 3.92. The molecule has 3 heterocycles. The van der Waals surface area contributed by atoms with Crippen LogP contribution in [0.25, 0.3) is 0 Å². The van der Waals surface area contributed by atoms with Crippen molar-refractivity contribution in [2.45, 2.75) is 43.5 Å². The zero-order chi connectivity index (χ0) is 12.6. The van der Waals surface area contributed by atoms with E-state index in [1.165, 1.54) is 0 Å². The van der Waals surface area contributed by atoms with Gasteiger partial charge in [0.25, 0.3) is 0 Å². The van der Waals surface area contributed by atoms with Crippen LogP contribution in [0.2, 0.25) is 0 Å². The zero-order valence-corrected chi connectivity index (χ0v) is 11.1. The van der Waals surface area contributed by atoms with Gasteiger partial charge in [-0.1, -0.05) is 6.92 Å². The molecule has 2 saturated carbocycles. The van der Waals surface area contributed by atoms with Gasteiger partial charge in [0, 0.05) is 11.8 Å². The van der Waals surface area contributed by atoms with Gasteiger partial charge in [0.05, 0.1) is 50.8 Å². The lowest BCUT2D eigenvalue weighted by atomic mass is 9.94. The maximum Gasteiger partial charge on any atom is 0.104 e. The molecule has 0 radical (unpaired) electrons. The number of fused-ring (bicyclic) bond motifs is 5. The first-order chi connectivity index (χ1) is 9.33. The molecular weight excluding hydrogens is 248 g/mol. The molecule has 0 spiro atoms. The fraction of sp³-hybridized carbons (Fsp3) is 1.00. The SMILES string of the molecule is CC1C2C(OCC3CO3)C(OCC3CO3)C1C1OC12. The molecule has 19 heavy (non-hydrogen) atoms. The van der Waals surface area contributed by atoms with Crippen LogP contribution in [0.1, 0.15) is 6.92 Å². The largest absolute Gasteiger partial charge is 0.372 e. The second-order valence-electron chi connectivity index (χ2n) is 6.59. The molecule has 3 aliphatic heterocycles. The number of hydrogen-bond donors (Lipinski definition) is 0. The summed E-state index contributed by atoms with van der Waals surface area (Å²) in [5.74, 6) is 1.68. The van der Waals surface area contributed by atoms with Crippen molar-refractivity contribution < 1.29 is 23.7 Å². The third kappa shape index (κ3) is 1.79. The highest BCUT2D eigenvalue weighted by Gasteiger charge is 2.72. The van der Waals surface area contributed by atoms with Crippen LogP contribution in [-0.2, 0) is 23.7 Å². The maximum atomic E-state index is 6.12. The van der Waals surface area contributed by atoms with Crippen LogP contribution in [0.15, 0.2) is 0 Å². The molecule has 2 aliphatic carbocycles. The zero-order valence-electron chi connectivity index (χ0n) is 11.1. The molecule has 2 bridgehead atoms. The van der Waals surface area contributed by atoms with Crippen molar-refractivity contribution in [2.24, 2.45) is 17.8 Å². The number of epoxide rings is 3. The fourth-order valence-electron chi connectivity index (χ4n) is 4.20. The molecule has 8 unspecified atom stereocenters. The summed E-state index contributed by atoms with van der Waals surface area (Å²) in [6, 6.07) is 0. The van der Waals surface area contributed by atoms with Crippen molar-refractivity contribution >= 4 is 0 Å². The minimum Gasteiger partial charge on any atom is -0.372 e. The molecule has 5 heteroatoms. The Kier molecular flexibility index (Phi) is 2.36. The Morgan fingerprint density at radius 1 is 0.895 bits per heavy atom. The smallest absolute Gasteiger partial charge is 0.104 e. The molecule has 106 valence electrons. The van der Waals surface area contributed by atoms with Crippen molar-refractivity contribution in [2.75, 3.05) is 26.4 Å². The minimum atomic E-state index is 0.187. The third-order valence-corrected chi connectivity index (χ3v) is 5.37. The Bertz CT molecular complexity index is 346. The Morgan fingerprint density at radius 2 is 1.37 bits per heavy atom. The monoisotopic (exact) mass is 268 g/mol. The molecule has 0 aromatic rings. The van der Waals surface area contributed by atoms with E-state index in [4.69, 9.17) is 23.7 Å². The topological polar surface area (TPSA) is 56.0 Å². The van der Waals surface area contributed by atoms with E-state index in [2.05, 4.69) is 6.92 Å². The lowest BCUT2D eigenvalue weighted by molar-refractivity contribution is -0.0962. The van der Waals surface area contributed by atoms with Gasteiger partial charge in [0.2, 0.25) is 0 Å². The van der Waals surface area contributed by atoms with Crippen molar-refractivity contribution in [1.82, 2.24) is 0 Å². The first kappa shape index (κ1) is 11.5. The highest BCUT2D eigenvalue weighted by molar-refractivity contribution is 5.19. The van der Waals surface area contributed by atoms with Gasteiger partial charge in [-0.15, -0.1) is 0 Å². The summed E-state index contributed by atoms with van der Waals surface area (Å²) in [6.45, 7) is 5.43. The summed E-state index contributed by atoms with van der Waals surface area (Å²) in [4.78, 5) is 0.